The second-order valence-electron chi connectivity index (χ2n) is 6.23. The van der Waals surface area contributed by atoms with Gasteiger partial charge in [-0.15, -0.1) is 0 Å². The lowest BCUT2D eigenvalue weighted by Crippen LogP contribution is -2.30. The minimum Gasteiger partial charge on any atom is -0.492 e. The van der Waals surface area contributed by atoms with Crippen molar-refractivity contribution in [2.24, 2.45) is 0 Å². The molecule has 0 aromatic heterocycles. The van der Waals surface area contributed by atoms with Crippen molar-refractivity contribution in [3.63, 3.8) is 0 Å². The molecule has 1 amide bonds. The van der Waals surface area contributed by atoms with Crippen molar-refractivity contribution in [2.45, 2.75) is 25.7 Å². The van der Waals surface area contributed by atoms with Crippen LogP contribution in [0.3, 0.4) is 0 Å². The van der Waals surface area contributed by atoms with Crippen LogP contribution in [0.25, 0.3) is 0 Å². The Kier molecular flexibility index (Phi) is 7.17. The summed E-state index contributed by atoms with van der Waals surface area (Å²) in [6, 6.07) is 13.0. The number of nitrogens with one attached hydrogen (secondary N) is 1. The number of rotatable bonds is 8. The zero-order valence-electron chi connectivity index (χ0n) is 16.0. The second-order valence-corrected chi connectivity index (χ2v) is 8.37. The molecule has 0 saturated heterocycles. The highest BCUT2D eigenvalue weighted by Crippen LogP contribution is 2.24. The highest BCUT2D eigenvalue weighted by Gasteiger charge is 2.20. The second kappa shape index (κ2) is 9.36. The molecule has 0 saturated carbocycles. The normalized spacial score (nSPS) is 12.1. The van der Waals surface area contributed by atoms with Gasteiger partial charge in [0.05, 0.1) is 23.6 Å². The predicted octanol–water partition coefficient (Wildman–Crippen LogP) is 2.81. The summed E-state index contributed by atoms with van der Waals surface area (Å²) in [5.74, 6) is -0.750. The third-order valence-electron chi connectivity index (χ3n) is 3.72. The van der Waals surface area contributed by atoms with Gasteiger partial charge in [-0.05, 0) is 43.7 Å². The van der Waals surface area contributed by atoms with Gasteiger partial charge < -0.3 is 14.8 Å². The molecule has 28 heavy (non-hydrogen) atoms. The molecule has 0 aliphatic rings. The Morgan fingerprint density at radius 1 is 1.07 bits per heavy atom. The molecule has 1 atom stereocenters. The molecule has 0 aliphatic carbocycles. The molecule has 0 heterocycles. The Morgan fingerprint density at radius 3 is 2.32 bits per heavy atom. The van der Waals surface area contributed by atoms with Crippen LogP contribution in [0.15, 0.2) is 48.5 Å². The van der Waals surface area contributed by atoms with Crippen molar-refractivity contribution in [1.82, 2.24) is 0 Å². The number of esters is 1. The number of para-hydroxylation sites is 2. The van der Waals surface area contributed by atoms with Crippen LogP contribution in [0, 0.1) is 0 Å². The predicted molar refractivity (Wildman–Crippen MR) is 106 cm³/mol. The summed E-state index contributed by atoms with van der Waals surface area (Å²) in [6.45, 7) is 3.76. The van der Waals surface area contributed by atoms with E-state index in [0.29, 0.717) is 23.6 Å². The molecule has 0 radical (unpaired) electrons. The van der Waals surface area contributed by atoms with Gasteiger partial charge in [-0.1, -0.05) is 24.3 Å². The molecule has 8 heteroatoms. The molecule has 150 valence electrons. The Bertz CT molecular complexity index is 937. The van der Waals surface area contributed by atoms with E-state index in [1.165, 1.54) is 19.1 Å². The SMILES string of the molecule is CCOc1ccccc1NC(=O)[C@H](C)OC(=O)c1ccc(CS(C)(=O)=O)cc1. The van der Waals surface area contributed by atoms with Crippen LogP contribution in [0.4, 0.5) is 5.69 Å². The number of hydrogen-bond acceptors (Lipinski definition) is 6. The van der Waals surface area contributed by atoms with Gasteiger partial charge in [-0.2, -0.15) is 0 Å². The van der Waals surface area contributed by atoms with Crippen LogP contribution in [0.1, 0.15) is 29.8 Å². The van der Waals surface area contributed by atoms with E-state index in [1.54, 1.807) is 36.4 Å². The van der Waals surface area contributed by atoms with Gasteiger partial charge in [0.15, 0.2) is 15.9 Å². The van der Waals surface area contributed by atoms with Crippen molar-refractivity contribution in [2.75, 3.05) is 18.2 Å². The number of carbonyl (C=O) groups is 2. The van der Waals surface area contributed by atoms with E-state index in [0.717, 1.165) is 6.26 Å². The standard InChI is InChI=1S/C20H23NO6S/c1-4-26-18-8-6-5-7-17(18)21-19(22)14(2)27-20(23)16-11-9-15(10-12-16)13-28(3,24)25/h5-12,14H,4,13H2,1-3H3,(H,21,22)/t14-/m0/s1. The summed E-state index contributed by atoms with van der Waals surface area (Å²) in [7, 11) is -3.16. The Hall–Kier alpha value is -2.87. The van der Waals surface area contributed by atoms with Gasteiger partial charge in [-0.25, -0.2) is 13.2 Å². The van der Waals surface area contributed by atoms with Gasteiger partial charge in [0.25, 0.3) is 5.91 Å². The van der Waals surface area contributed by atoms with Crippen LogP contribution in [0.5, 0.6) is 5.75 Å². The van der Waals surface area contributed by atoms with Gasteiger partial charge in [-0.3, -0.25) is 4.79 Å². The maximum atomic E-state index is 12.3. The molecule has 0 unspecified atom stereocenters. The molecule has 2 aromatic rings. The van der Waals surface area contributed by atoms with E-state index in [9.17, 15) is 18.0 Å². The largest absolute Gasteiger partial charge is 0.492 e. The average molecular weight is 405 g/mol. The lowest BCUT2D eigenvalue weighted by atomic mass is 10.1. The summed E-state index contributed by atoms with van der Waals surface area (Å²) in [5.41, 5.74) is 1.28. The van der Waals surface area contributed by atoms with E-state index >= 15 is 0 Å². The van der Waals surface area contributed by atoms with Crippen molar-refractivity contribution in [1.29, 1.82) is 0 Å². The van der Waals surface area contributed by atoms with E-state index < -0.39 is 27.8 Å². The first-order valence-electron chi connectivity index (χ1n) is 8.70. The maximum Gasteiger partial charge on any atom is 0.338 e. The monoisotopic (exact) mass is 405 g/mol. The highest BCUT2D eigenvalue weighted by atomic mass is 32.2. The van der Waals surface area contributed by atoms with Gasteiger partial charge >= 0.3 is 5.97 Å². The van der Waals surface area contributed by atoms with Crippen molar-refractivity contribution < 1.29 is 27.5 Å². The highest BCUT2D eigenvalue weighted by molar-refractivity contribution is 7.89. The summed E-state index contributed by atoms with van der Waals surface area (Å²) < 4.78 is 33.3. The van der Waals surface area contributed by atoms with Gasteiger partial charge in [0.2, 0.25) is 0 Å². The van der Waals surface area contributed by atoms with Crippen LogP contribution in [-0.2, 0) is 25.1 Å². The third kappa shape index (κ3) is 6.38. The van der Waals surface area contributed by atoms with E-state index in [2.05, 4.69) is 5.32 Å². The first-order chi connectivity index (χ1) is 13.2. The summed E-state index contributed by atoms with van der Waals surface area (Å²) >= 11 is 0. The van der Waals surface area contributed by atoms with Crippen LogP contribution < -0.4 is 10.1 Å². The van der Waals surface area contributed by atoms with Crippen LogP contribution in [0.2, 0.25) is 0 Å². The fourth-order valence-electron chi connectivity index (χ4n) is 2.41. The zero-order chi connectivity index (χ0) is 20.7. The van der Waals surface area contributed by atoms with E-state index in [-0.39, 0.29) is 11.3 Å². The van der Waals surface area contributed by atoms with Gasteiger partial charge in [0.1, 0.15) is 5.75 Å². The smallest absolute Gasteiger partial charge is 0.338 e. The summed E-state index contributed by atoms with van der Waals surface area (Å²) in [4.78, 5) is 24.6. The number of carbonyl (C=O) groups excluding carboxylic acids is 2. The lowest BCUT2D eigenvalue weighted by Gasteiger charge is -2.15. The number of ether oxygens (including phenoxy) is 2. The quantitative estimate of drug-likeness (QED) is 0.678. The molecule has 0 fully saturated rings. The molecule has 0 aliphatic heterocycles. The topological polar surface area (TPSA) is 98.8 Å². The Labute approximate surface area is 164 Å². The Morgan fingerprint density at radius 2 is 1.71 bits per heavy atom. The molecule has 0 bridgehead atoms. The summed E-state index contributed by atoms with van der Waals surface area (Å²) in [5, 5.41) is 2.68. The molecule has 1 N–H and O–H groups in total. The molecular formula is C20H23NO6S. The number of sulfone groups is 1. The van der Waals surface area contributed by atoms with Crippen molar-refractivity contribution in [3.8, 4) is 5.75 Å². The van der Waals surface area contributed by atoms with Gasteiger partial charge in [0, 0.05) is 6.26 Å². The number of amides is 1. The van der Waals surface area contributed by atoms with E-state index in [1.807, 2.05) is 6.92 Å². The van der Waals surface area contributed by atoms with Crippen LogP contribution >= 0.6 is 0 Å². The summed E-state index contributed by atoms with van der Waals surface area (Å²) in [6.07, 6.45) is 0.108. The first kappa shape index (κ1) is 21.4. The molecule has 7 nitrogen and oxygen atoms in total. The molecule has 2 rings (SSSR count). The van der Waals surface area contributed by atoms with Crippen molar-refractivity contribution >= 4 is 27.4 Å². The van der Waals surface area contributed by atoms with Crippen molar-refractivity contribution in [3.05, 3.63) is 59.7 Å². The molecular weight excluding hydrogens is 382 g/mol. The number of hydrogen-bond donors (Lipinski definition) is 1. The number of anilines is 1. The Balaban J connectivity index is 1.99. The zero-order valence-corrected chi connectivity index (χ0v) is 16.8. The van der Waals surface area contributed by atoms with E-state index in [4.69, 9.17) is 9.47 Å². The third-order valence-corrected chi connectivity index (χ3v) is 4.57. The minimum atomic E-state index is -3.16. The minimum absolute atomic E-state index is 0.111. The average Bonchev–Trinajstić information content (AvgIpc) is 2.62. The van der Waals surface area contributed by atoms with Crippen LogP contribution in [-0.4, -0.2) is 39.3 Å². The first-order valence-corrected chi connectivity index (χ1v) is 10.8. The number of benzene rings is 2. The fourth-order valence-corrected chi connectivity index (χ4v) is 3.21. The fraction of sp³-hybridized carbons (Fsp3) is 0.300. The maximum absolute atomic E-state index is 12.3. The molecule has 0 spiro atoms. The lowest BCUT2D eigenvalue weighted by molar-refractivity contribution is -0.123. The molecule has 2 aromatic carbocycles.